The highest BCUT2D eigenvalue weighted by atomic mass is 35.5. The van der Waals surface area contributed by atoms with Gasteiger partial charge in [0.25, 0.3) is 0 Å². The van der Waals surface area contributed by atoms with Gasteiger partial charge in [-0.05, 0) is 234 Å². The quantitative estimate of drug-likeness (QED) is 0.0576. The molecule has 4 aliphatic rings. The minimum absolute atomic E-state index is 0. The van der Waals surface area contributed by atoms with Crippen LogP contribution in [0.5, 0.6) is 23.0 Å². The number of phenolic OH excluding ortho intramolecular Hbond substituents is 4. The number of aromatic hydroxyl groups is 4. The average molecular weight is 1030 g/mol. The number of hydrogen-bond acceptors (Lipinski definition) is 8. The van der Waals surface area contributed by atoms with E-state index >= 15 is 0 Å². The molecule has 0 bridgehead atoms. The van der Waals surface area contributed by atoms with Gasteiger partial charge in [-0.3, -0.25) is 0 Å². The number of rotatable bonds is 15. The van der Waals surface area contributed by atoms with Crippen molar-refractivity contribution >= 4 is 49.6 Å². The fourth-order valence-corrected chi connectivity index (χ4v) is 11.2. The Hall–Kier alpha value is -3.08. The van der Waals surface area contributed by atoms with Crippen molar-refractivity contribution in [2.24, 2.45) is 11.8 Å². The number of aryl methyl sites for hydroxylation is 4. The van der Waals surface area contributed by atoms with Gasteiger partial charge >= 0.3 is 0 Å². The van der Waals surface area contributed by atoms with Crippen LogP contribution >= 0.6 is 49.6 Å². The zero-order valence-electron chi connectivity index (χ0n) is 40.2. The van der Waals surface area contributed by atoms with Gasteiger partial charge in [0.1, 0.15) is 23.0 Å². The van der Waals surface area contributed by atoms with Crippen LogP contribution in [0.25, 0.3) is 0 Å². The second-order valence-electron chi connectivity index (χ2n) is 19.0. The van der Waals surface area contributed by atoms with Crippen molar-refractivity contribution in [2.75, 3.05) is 26.2 Å². The molecule has 4 aromatic rings. The molecule has 8 rings (SSSR count). The molecule has 0 spiro atoms. The third-order valence-corrected chi connectivity index (χ3v) is 14.9. The van der Waals surface area contributed by atoms with Crippen molar-refractivity contribution in [3.63, 3.8) is 0 Å². The number of hydrogen-bond donors (Lipinski definition) is 8. The molecule has 0 radical (unpaired) electrons. The first-order valence-corrected chi connectivity index (χ1v) is 23.2. The van der Waals surface area contributed by atoms with E-state index in [-0.39, 0.29) is 71.5 Å². The monoisotopic (exact) mass is 1030 g/mol. The summed E-state index contributed by atoms with van der Waals surface area (Å²) in [6.45, 7) is 11.8. The average Bonchev–Trinajstić information content (AvgIpc) is 3.23. The highest BCUT2D eigenvalue weighted by Gasteiger charge is 2.28. The Morgan fingerprint density at radius 3 is 0.779 bits per heavy atom. The van der Waals surface area contributed by atoms with Gasteiger partial charge in [-0.2, -0.15) is 0 Å². The first-order valence-electron chi connectivity index (χ1n) is 23.2. The third kappa shape index (κ3) is 15.2. The van der Waals surface area contributed by atoms with Crippen LogP contribution in [0.15, 0.2) is 48.5 Å². The summed E-state index contributed by atoms with van der Waals surface area (Å²) in [7, 11) is 0. The summed E-state index contributed by atoms with van der Waals surface area (Å²) in [6, 6.07) is 18.1. The summed E-state index contributed by atoms with van der Waals surface area (Å²) in [5, 5.41) is 57.5. The van der Waals surface area contributed by atoms with Gasteiger partial charge in [0.2, 0.25) is 0 Å². The Bertz CT molecular complexity index is 1890. The summed E-state index contributed by atoms with van der Waals surface area (Å²) in [6.07, 6.45) is 15.1. The van der Waals surface area contributed by atoms with Crippen LogP contribution in [0.3, 0.4) is 0 Å². The molecular formula is C52H82Cl4N4O8. The van der Waals surface area contributed by atoms with Gasteiger partial charge in [-0.15, -0.1) is 49.6 Å². The van der Waals surface area contributed by atoms with E-state index in [0.717, 1.165) is 125 Å². The normalized spacial score (nSPS) is 19.4. The maximum Gasteiger partial charge on any atom is 0.118 e. The molecule has 12 nitrogen and oxygen atoms in total. The fourth-order valence-electron chi connectivity index (χ4n) is 11.2. The van der Waals surface area contributed by atoms with Crippen molar-refractivity contribution in [3.05, 3.63) is 115 Å². The van der Waals surface area contributed by atoms with E-state index in [0.29, 0.717) is 59.0 Å². The molecule has 4 aromatic carbocycles. The standard InChI is InChI=1S/C52H70N4O4.4ClH.4H2O/c1-31-23-41-37(27-49(31)57)15-19-53-45(41)11-7-35(8-12-46-42-24-32(2)50(58)28-38(42)16-20-54-46)5-6-36(9-13-47-43-25-33(3)51(59)29-39(43)17-21-55-47)10-14-48-44-26-34(4)52(60)30-40(44)18-22-56-48;;;;;;;;/h23-30,35-36,45-48,53-60H,5-22H2,1-4H3;4*1H;4*1H2. The van der Waals surface area contributed by atoms with Gasteiger partial charge < -0.3 is 63.6 Å². The van der Waals surface area contributed by atoms with Crippen LogP contribution < -0.4 is 21.3 Å². The zero-order valence-corrected chi connectivity index (χ0v) is 43.5. The Kier molecular flexibility index (Phi) is 28.0. The maximum absolute atomic E-state index is 10.5. The van der Waals surface area contributed by atoms with Crippen LogP contribution in [0, 0.1) is 39.5 Å². The molecule has 386 valence electrons. The zero-order chi connectivity index (χ0) is 41.9. The predicted molar refractivity (Wildman–Crippen MR) is 286 cm³/mol. The summed E-state index contributed by atoms with van der Waals surface area (Å²) < 4.78 is 0. The van der Waals surface area contributed by atoms with Gasteiger partial charge in [0.05, 0.1) is 0 Å². The lowest BCUT2D eigenvalue weighted by Gasteiger charge is -2.32. The second kappa shape index (κ2) is 29.3. The molecule has 0 saturated carbocycles. The number of phenols is 4. The van der Waals surface area contributed by atoms with Gasteiger partial charge in [-0.25, -0.2) is 0 Å². The molecule has 0 saturated heterocycles. The Morgan fingerprint density at radius 1 is 0.368 bits per heavy atom. The van der Waals surface area contributed by atoms with Crippen molar-refractivity contribution in [1.29, 1.82) is 0 Å². The van der Waals surface area contributed by atoms with Gasteiger partial charge in [0, 0.05) is 24.2 Å². The molecular weight excluding hydrogens is 950 g/mol. The minimum Gasteiger partial charge on any atom is -0.508 e. The lowest BCUT2D eigenvalue weighted by molar-refractivity contribution is 0.279. The number of fused-ring (bicyclic) bond motifs is 4. The van der Waals surface area contributed by atoms with Crippen LogP contribution in [0.4, 0.5) is 0 Å². The fraction of sp³-hybridized carbons (Fsp3) is 0.538. The number of benzene rings is 4. The summed E-state index contributed by atoms with van der Waals surface area (Å²) in [4.78, 5) is 0. The highest BCUT2D eigenvalue weighted by Crippen LogP contribution is 2.40. The van der Waals surface area contributed by atoms with E-state index in [1.54, 1.807) is 0 Å². The molecule has 0 amide bonds. The van der Waals surface area contributed by atoms with E-state index < -0.39 is 0 Å². The summed E-state index contributed by atoms with van der Waals surface area (Å²) >= 11 is 0. The number of halogens is 4. The van der Waals surface area contributed by atoms with Crippen molar-refractivity contribution in [1.82, 2.24) is 21.3 Å². The molecule has 4 heterocycles. The smallest absolute Gasteiger partial charge is 0.118 e. The third-order valence-electron chi connectivity index (χ3n) is 14.9. The van der Waals surface area contributed by atoms with E-state index in [1.807, 2.05) is 52.0 Å². The maximum atomic E-state index is 10.5. The van der Waals surface area contributed by atoms with Crippen molar-refractivity contribution in [2.45, 2.75) is 142 Å². The van der Waals surface area contributed by atoms with Crippen molar-refractivity contribution in [3.8, 4) is 23.0 Å². The van der Waals surface area contributed by atoms with Crippen LogP contribution in [-0.2, 0) is 25.7 Å². The van der Waals surface area contributed by atoms with Crippen LogP contribution in [0.2, 0.25) is 0 Å². The van der Waals surface area contributed by atoms with E-state index in [4.69, 9.17) is 0 Å². The first kappa shape index (κ1) is 64.9. The molecule has 4 aliphatic heterocycles. The Balaban J connectivity index is 0.00000561. The molecule has 0 fully saturated rings. The second-order valence-corrected chi connectivity index (χ2v) is 19.0. The Morgan fingerprint density at radius 2 is 0.574 bits per heavy atom. The molecule has 16 heteroatoms. The lowest BCUT2D eigenvalue weighted by Crippen LogP contribution is -2.31. The molecule has 4 atom stereocenters. The van der Waals surface area contributed by atoms with E-state index in [9.17, 15) is 20.4 Å². The molecule has 68 heavy (non-hydrogen) atoms. The molecule has 16 N–H and O–H groups in total. The summed E-state index contributed by atoms with van der Waals surface area (Å²) in [5.41, 5.74) is 14.4. The van der Waals surface area contributed by atoms with Crippen LogP contribution in [-0.4, -0.2) is 68.5 Å². The topological polar surface area (TPSA) is 255 Å². The summed E-state index contributed by atoms with van der Waals surface area (Å²) in [5.74, 6) is 2.76. The highest BCUT2D eigenvalue weighted by molar-refractivity contribution is 5.86. The van der Waals surface area contributed by atoms with Gasteiger partial charge in [-0.1, -0.05) is 37.1 Å². The molecule has 0 aromatic heterocycles. The SMILES string of the molecule is Cc1cc2c(cc1O)CCNC2CCC(CCC(CCC1NCCc2cc(O)c(C)cc21)CCC1NCCc2cc(O)c(C)cc21)CCC1NCCc2cc(O)c(C)cc21.Cl.Cl.Cl.Cl.O.O.O.O. The Labute approximate surface area is 429 Å². The lowest BCUT2D eigenvalue weighted by atomic mass is 9.80. The van der Waals surface area contributed by atoms with Gasteiger partial charge in [0.15, 0.2) is 0 Å². The minimum atomic E-state index is 0. The molecule has 4 unspecified atom stereocenters. The number of nitrogens with one attached hydrogen (secondary N) is 4. The van der Waals surface area contributed by atoms with Crippen molar-refractivity contribution < 1.29 is 42.3 Å². The first-order chi connectivity index (χ1) is 29.0. The van der Waals surface area contributed by atoms with Crippen LogP contribution in [0.1, 0.15) is 155 Å². The predicted octanol–water partition coefficient (Wildman–Crippen LogP) is 8.11. The van der Waals surface area contributed by atoms with E-state index in [1.165, 1.54) is 57.3 Å². The van der Waals surface area contributed by atoms with E-state index in [2.05, 4.69) is 45.5 Å². The molecule has 0 aliphatic carbocycles. The largest absolute Gasteiger partial charge is 0.508 e.